The van der Waals surface area contributed by atoms with Gasteiger partial charge in [0.05, 0.1) is 18.8 Å². The number of rotatable bonds is 59. The van der Waals surface area contributed by atoms with E-state index in [0.717, 1.165) is 38.5 Å². The van der Waals surface area contributed by atoms with Crippen LogP contribution in [0.25, 0.3) is 0 Å². The molecule has 1 amide bonds. The number of hydrogen-bond acceptors (Lipinski definition) is 3. The van der Waals surface area contributed by atoms with Gasteiger partial charge in [0.15, 0.2) is 0 Å². The molecule has 412 valence electrons. The first-order valence-corrected chi connectivity index (χ1v) is 31.9. The molecule has 0 saturated carbocycles. The molecule has 4 nitrogen and oxygen atoms in total. The first kappa shape index (κ1) is 68.4. The van der Waals surface area contributed by atoms with Crippen LogP contribution in [0.1, 0.15) is 348 Å². The molecule has 0 aliphatic heterocycles. The van der Waals surface area contributed by atoms with E-state index in [9.17, 15) is 15.0 Å². The highest BCUT2D eigenvalue weighted by Gasteiger charge is 2.18. The molecule has 0 radical (unpaired) electrons. The minimum atomic E-state index is -0.871. The third kappa shape index (κ3) is 57.3. The van der Waals surface area contributed by atoms with Crippen molar-refractivity contribution in [3.63, 3.8) is 0 Å². The Hall–Kier alpha value is -1.65. The molecule has 0 aliphatic rings. The number of aliphatic hydroxyl groups is 2. The van der Waals surface area contributed by atoms with Gasteiger partial charge in [0.2, 0.25) is 5.91 Å². The van der Waals surface area contributed by atoms with Gasteiger partial charge >= 0.3 is 0 Å². The Bertz CT molecular complexity index is 1110. The Kier molecular flexibility index (Phi) is 60.2. The summed E-state index contributed by atoms with van der Waals surface area (Å²) in [6, 6.07) is -0.646. The fraction of sp³-hybridized carbons (Fsp3) is 0.864. The van der Waals surface area contributed by atoms with Gasteiger partial charge in [-0.1, -0.05) is 319 Å². The minimum absolute atomic E-state index is 0.0719. The standard InChI is InChI=1S/C66H125NO3/c1-3-5-7-9-11-13-15-17-19-21-23-25-27-29-30-31-32-33-34-35-36-38-40-42-44-46-48-50-52-54-56-58-60-62-66(70)67-64(63-68)65(69)61-59-57-55-53-51-49-47-45-43-41-39-37-28-26-24-22-20-18-16-14-12-10-8-6-4-2/h21,23,43,45,51,53,59,61,64-65,68-69H,3-20,22,24-42,44,46-50,52,54-58,60,62-63H2,1-2H3,(H,67,70)/b23-21-,45-43+,53-51+,61-59+. The second-order valence-electron chi connectivity index (χ2n) is 21.8. The predicted molar refractivity (Wildman–Crippen MR) is 313 cm³/mol. The van der Waals surface area contributed by atoms with Crippen LogP contribution in [0.4, 0.5) is 0 Å². The highest BCUT2D eigenvalue weighted by molar-refractivity contribution is 5.76. The van der Waals surface area contributed by atoms with Crippen LogP contribution in [-0.2, 0) is 4.79 Å². The van der Waals surface area contributed by atoms with Crippen LogP contribution < -0.4 is 5.32 Å². The Morgan fingerprint density at radius 2 is 0.557 bits per heavy atom. The molecule has 0 rings (SSSR count). The topological polar surface area (TPSA) is 69.6 Å². The number of allylic oxidation sites excluding steroid dienone is 7. The molecule has 0 heterocycles. The normalized spacial score (nSPS) is 13.0. The Labute approximate surface area is 439 Å². The van der Waals surface area contributed by atoms with Crippen LogP contribution in [0.2, 0.25) is 0 Å². The van der Waals surface area contributed by atoms with Gasteiger partial charge in [0, 0.05) is 6.42 Å². The lowest BCUT2D eigenvalue weighted by atomic mass is 10.0. The zero-order valence-electron chi connectivity index (χ0n) is 47.6. The van der Waals surface area contributed by atoms with Crippen LogP contribution in [0.3, 0.4) is 0 Å². The predicted octanol–water partition coefficient (Wildman–Crippen LogP) is 21.4. The third-order valence-electron chi connectivity index (χ3n) is 14.8. The quantitative estimate of drug-likeness (QED) is 0.0420. The average molecular weight is 981 g/mol. The van der Waals surface area contributed by atoms with E-state index in [-0.39, 0.29) is 12.5 Å². The summed E-state index contributed by atoms with van der Waals surface area (Å²) in [5.74, 6) is -0.0719. The highest BCUT2D eigenvalue weighted by atomic mass is 16.3. The highest BCUT2D eigenvalue weighted by Crippen LogP contribution is 2.18. The lowest BCUT2D eigenvalue weighted by molar-refractivity contribution is -0.123. The van der Waals surface area contributed by atoms with Crippen LogP contribution in [0.15, 0.2) is 48.6 Å². The second kappa shape index (κ2) is 61.6. The molecule has 4 heteroatoms. The molecular weight excluding hydrogens is 855 g/mol. The van der Waals surface area contributed by atoms with Crippen molar-refractivity contribution < 1.29 is 15.0 Å². The van der Waals surface area contributed by atoms with Gasteiger partial charge in [-0.05, 0) is 70.6 Å². The zero-order valence-corrected chi connectivity index (χ0v) is 47.6. The van der Waals surface area contributed by atoms with Crippen molar-refractivity contribution in [3.8, 4) is 0 Å². The lowest BCUT2D eigenvalue weighted by Crippen LogP contribution is -2.45. The van der Waals surface area contributed by atoms with Crippen LogP contribution in [0, 0.1) is 0 Å². The smallest absolute Gasteiger partial charge is 0.220 e. The maximum atomic E-state index is 12.5. The molecule has 0 spiro atoms. The van der Waals surface area contributed by atoms with Gasteiger partial charge in [0.1, 0.15) is 0 Å². The zero-order chi connectivity index (χ0) is 50.6. The van der Waals surface area contributed by atoms with Crippen molar-refractivity contribution in [2.24, 2.45) is 0 Å². The number of carbonyl (C=O) groups excluding carboxylic acids is 1. The Morgan fingerprint density at radius 3 is 0.829 bits per heavy atom. The van der Waals surface area contributed by atoms with E-state index in [1.165, 1.54) is 289 Å². The summed E-state index contributed by atoms with van der Waals surface area (Å²) in [5.41, 5.74) is 0. The minimum Gasteiger partial charge on any atom is -0.394 e. The van der Waals surface area contributed by atoms with Gasteiger partial charge in [-0.15, -0.1) is 0 Å². The molecule has 2 atom stereocenters. The average Bonchev–Trinajstić information content (AvgIpc) is 3.36. The van der Waals surface area contributed by atoms with E-state index < -0.39 is 12.1 Å². The molecule has 2 unspecified atom stereocenters. The molecule has 0 aromatic carbocycles. The van der Waals surface area contributed by atoms with Crippen molar-refractivity contribution >= 4 is 5.91 Å². The molecule has 0 aromatic rings. The van der Waals surface area contributed by atoms with Gasteiger partial charge < -0.3 is 15.5 Å². The van der Waals surface area contributed by atoms with Crippen molar-refractivity contribution in [1.82, 2.24) is 5.32 Å². The van der Waals surface area contributed by atoms with E-state index in [0.29, 0.717) is 6.42 Å². The van der Waals surface area contributed by atoms with Gasteiger partial charge in [-0.3, -0.25) is 4.79 Å². The van der Waals surface area contributed by atoms with Crippen LogP contribution >= 0.6 is 0 Å². The number of hydrogen-bond donors (Lipinski definition) is 3. The lowest BCUT2D eigenvalue weighted by Gasteiger charge is -2.19. The maximum absolute atomic E-state index is 12.5. The summed E-state index contributed by atoms with van der Waals surface area (Å²) in [6.45, 7) is 4.33. The van der Waals surface area contributed by atoms with Crippen LogP contribution in [0.5, 0.6) is 0 Å². The number of carbonyl (C=O) groups is 1. The summed E-state index contributed by atoms with van der Waals surface area (Å²) in [4.78, 5) is 12.5. The van der Waals surface area contributed by atoms with E-state index in [4.69, 9.17) is 0 Å². The molecule has 70 heavy (non-hydrogen) atoms. The van der Waals surface area contributed by atoms with Gasteiger partial charge in [-0.25, -0.2) is 0 Å². The second-order valence-corrected chi connectivity index (χ2v) is 21.8. The van der Waals surface area contributed by atoms with Crippen LogP contribution in [-0.4, -0.2) is 34.9 Å². The monoisotopic (exact) mass is 980 g/mol. The first-order valence-electron chi connectivity index (χ1n) is 31.9. The van der Waals surface area contributed by atoms with Crippen molar-refractivity contribution in [2.45, 2.75) is 360 Å². The van der Waals surface area contributed by atoms with E-state index in [1.807, 2.05) is 6.08 Å². The summed E-state index contributed by atoms with van der Waals surface area (Å²) < 4.78 is 0. The molecule has 0 bridgehead atoms. The van der Waals surface area contributed by atoms with E-state index >= 15 is 0 Å². The maximum Gasteiger partial charge on any atom is 0.220 e. The summed E-state index contributed by atoms with van der Waals surface area (Å²) >= 11 is 0. The summed E-state index contributed by atoms with van der Waals surface area (Å²) in [6.07, 6.45) is 86.0. The van der Waals surface area contributed by atoms with Gasteiger partial charge in [-0.2, -0.15) is 0 Å². The first-order chi connectivity index (χ1) is 34.7. The SMILES string of the molecule is CCCCCCCCCC/C=C\CCCCCCCCCCCCCCCCCCCCCCCC(=O)NC(CO)C(O)/C=C/CC/C=C/CC/C=C/CCCCCCCCCCCCCCCCC. The van der Waals surface area contributed by atoms with Crippen molar-refractivity contribution in [3.05, 3.63) is 48.6 Å². The van der Waals surface area contributed by atoms with E-state index in [1.54, 1.807) is 6.08 Å². The summed E-state index contributed by atoms with van der Waals surface area (Å²) in [5, 5.41) is 23.2. The van der Waals surface area contributed by atoms with Gasteiger partial charge in [0.25, 0.3) is 0 Å². The fourth-order valence-corrected chi connectivity index (χ4v) is 9.92. The number of nitrogens with one attached hydrogen (secondary N) is 1. The third-order valence-corrected chi connectivity index (χ3v) is 14.8. The molecule has 0 saturated heterocycles. The van der Waals surface area contributed by atoms with Crippen molar-refractivity contribution in [2.75, 3.05) is 6.61 Å². The molecule has 3 N–H and O–H groups in total. The molecule has 0 aliphatic carbocycles. The molecular formula is C66H125NO3. The Balaban J connectivity index is 3.48. The largest absolute Gasteiger partial charge is 0.394 e. The number of aliphatic hydroxyl groups excluding tert-OH is 2. The summed E-state index contributed by atoms with van der Waals surface area (Å²) in [7, 11) is 0. The fourth-order valence-electron chi connectivity index (χ4n) is 9.92. The molecule has 0 aromatic heterocycles. The van der Waals surface area contributed by atoms with Crippen molar-refractivity contribution in [1.29, 1.82) is 0 Å². The molecule has 0 fully saturated rings. The van der Waals surface area contributed by atoms with E-state index in [2.05, 4.69) is 55.6 Å². The Morgan fingerprint density at radius 1 is 0.329 bits per heavy atom. The number of amides is 1. The number of unbranched alkanes of at least 4 members (excludes halogenated alkanes) is 46.